The molecule has 1 amide bonds. The number of hydrogen-bond acceptors (Lipinski definition) is 4. The van der Waals surface area contributed by atoms with Crippen LogP contribution in [0, 0.1) is 11.3 Å². The van der Waals surface area contributed by atoms with Gasteiger partial charge < -0.3 is 5.11 Å². The van der Waals surface area contributed by atoms with Gasteiger partial charge in [-0.2, -0.15) is 5.26 Å². The minimum absolute atomic E-state index is 0.0544. The topological polar surface area (TPSA) is 81.4 Å². The van der Waals surface area contributed by atoms with E-state index in [9.17, 15) is 14.7 Å². The summed E-state index contributed by atoms with van der Waals surface area (Å²) in [6.07, 6.45) is 0. The van der Waals surface area contributed by atoms with E-state index in [-0.39, 0.29) is 27.3 Å². The van der Waals surface area contributed by atoms with Gasteiger partial charge in [0.2, 0.25) is 0 Å². The van der Waals surface area contributed by atoms with E-state index >= 15 is 0 Å². The number of nitrogens with zero attached hydrogens (tertiary/aromatic N) is 2. The molecule has 0 bridgehead atoms. The van der Waals surface area contributed by atoms with Gasteiger partial charge in [0.05, 0.1) is 33.3 Å². The maximum Gasteiger partial charge on any atom is 0.300 e. The molecule has 1 unspecified atom stereocenters. The molecule has 0 aliphatic carbocycles. The molecule has 0 saturated carbocycles. The minimum Gasteiger partial charge on any atom is -0.507 e. The minimum atomic E-state index is -0.883. The van der Waals surface area contributed by atoms with Crippen LogP contribution in [0.3, 0.4) is 0 Å². The number of aliphatic hydroxyl groups is 1. The van der Waals surface area contributed by atoms with Crippen LogP contribution in [0.2, 0.25) is 10.0 Å². The lowest BCUT2D eigenvalue weighted by molar-refractivity contribution is -0.132. The first kappa shape index (κ1) is 24.5. The summed E-state index contributed by atoms with van der Waals surface area (Å²) in [5.74, 6) is -1.94. The number of amides is 1. The summed E-state index contributed by atoms with van der Waals surface area (Å²) in [5, 5.41) is 20.9. The summed E-state index contributed by atoms with van der Waals surface area (Å²) in [4.78, 5) is 27.9. The monoisotopic (exact) mass is 504 g/mol. The number of carbonyl (C=O) groups is 2. The molecule has 3 aromatic carbocycles. The van der Waals surface area contributed by atoms with Gasteiger partial charge in [-0.05, 0) is 59.0 Å². The molecule has 4 rings (SSSR count). The van der Waals surface area contributed by atoms with Gasteiger partial charge in [-0.25, -0.2) is 0 Å². The highest BCUT2D eigenvalue weighted by atomic mass is 35.5. The van der Waals surface area contributed by atoms with E-state index < -0.39 is 17.7 Å². The highest BCUT2D eigenvalue weighted by Gasteiger charge is 2.47. The largest absolute Gasteiger partial charge is 0.507 e. The van der Waals surface area contributed by atoms with Gasteiger partial charge in [0, 0.05) is 11.3 Å². The molecule has 0 spiro atoms. The summed E-state index contributed by atoms with van der Waals surface area (Å²) in [7, 11) is 0. The summed E-state index contributed by atoms with van der Waals surface area (Å²) >= 11 is 12.2. The summed E-state index contributed by atoms with van der Waals surface area (Å²) in [6, 6.07) is 19.7. The number of nitriles is 1. The van der Waals surface area contributed by atoms with E-state index in [0.29, 0.717) is 21.8 Å². The quantitative estimate of drug-likeness (QED) is 0.242. The van der Waals surface area contributed by atoms with Crippen LogP contribution >= 0.6 is 23.2 Å². The second-order valence-electron chi connectivity index (χ2n) is 9.33. The number of aliphatic hydroxyl groups excluding tert-OH is 1. The molecule has 3 aromatic rings. The Hall–Kier alpha value is -3.59. The number of halogens is 2. The molecule has 176 valence electrons. The fourth-order valence-corrected chi connectivity index (χ4v) is 4.37. The Morgan fingerprint density at radius 1 is 0.943 bits per heavy atom. The van der Waals surface area contributed by atoms with Gasteiger partial charge in [-0.3, -0.25) is 14.5 Å². The lowest BCUT2D eigenvalue weighted by Crippen LogP contribution is -2.29. The number of carbonyl (C=O) groups excluding carboxylic acids is 2. The van der Waals surface area contributed by atoms with Crippen LogP contribution in [0.5, 0.6) is 0 Å². The second kappa shape index (κ2) is 9.22. The van der Waals surface area contributed by atoms with Crippen LogP contribution in [-0.4, -0.2) is 16.8 Å². The Morgan fingerprint density at radius 3 is 2.11 bits per heavy atom. The smallest absolute Gasteiger partial charge is 0.300 e. The van der Waals surface area contributed by atoms with Crippen LogP contribution in [-0.2, 0) is 15.0 Å². The SMILES string of the molecule is CC(C)(C)c1ccc(C2/C(=C(/O)c3ccc(Cl)c(Cl)c3)C(=O)C(=O)N2c2ccc(C#N)cc2)cc1. The van der Waals surface area contributed by atoms with Crippen molar-refractivity contribution in [2.24, 2.45) is 0 Å². The molecule has 1 aliphatic heterocycles. The fourth-order valence-electron chi connectivity index (χ4n) is 4.08. The van der Waals surface area contributed by atoms with Gasteiger partial charge in [0.1, 0.15) is 5.76 Å². The van der Waals surface area contributed by atoms with Gasteiger partial charge in [0.25, 0.3) is 11.7 Å². The molecule has 1 aliphatic rings. The van der Waals surface area contributed by atoms with Crippen molar-refractivity contribution in [3.63, 3.8) is 0 Å². The van der Waals surface area contributed by atoms with Crippen molar-refractivity contribution in [3.8, 4) is 6.07 Å². The Morgan fingerprint density at radius 2 is 1.57 bits per heavy atom. The molecule has 0 radical (unpaired) electrons. The summed E-state index contributed by atoms with van der Waals surface area (Å²) in [6.45, 7) is 6.28. The van der Waals surface area contributed by atoms with Crippen molar-refractivity contribution in [1.29, 1.82) is 5.26 Å². The number of Topliss-reactive ketones (excluding diaryl/α,β-unsaturated/α-hetero) is 1. The van der Waals surface area contributed by atoms with E-state index in [0.717, 1.165) is 5.56 Å². The van der Waals surface area contributed by atoms with Crippen molar-refractivity contribution in [2.75, 3.05) is 4.90 Å². The fraction of sp³-hybridized carbons (Fsp3) is 0.179. The van der Waals surface area contributed by atoms with Gasteiger partial charge in [-0.1, -0.05) is 68.2 Å². The average Bonchev–Trinajstić information content (AvgIpc) is 3.10. The van der Waals surface area contributed by atoms with Crippen LogP contribution in [0.15, 0.2) is 72.3 Å². The standard InChI is InChI=1S/C28H22Cl2N2O3/c1-28(2,3)19-9-6-17(7-10-19)24-23(25(33)18-8-13-21(29)22(30)14-18)26(34)27(35)32(24)20-11-4-16(15-31)5-12-20/h4-14,24,33H,1-3H3/b25-23-. The lowest BCUT2D eigenvalue weighted by Gasteiger charge is -2.26. The predicted molar refractivity (Wildman–Crippen MR) is 138 cm³/mol. The van der Waals surface area contributed by atoms with Crippen molar-refractivity contribution in [2.45, 2.75) is 32.2 Å². The number of ketones is 1. The van der Waals surface area contributed by atoms with Crippen LogP contribution in [0.25, 0.3) is 5.76 Å². The molecule has 1 atom stereocenters. The third-order valence-corrected chi connectivity index (χ3v) is 6.74. The van der Waals surface area contributed by atoms with Crippen LogP contribution in [0.1, 0.15) is 49.1 Å². The number of anilines is 1. The second-order valence-corrected chi connectivity index (χ2v) is 10.1. The molecule has 1 N–H and O–H groups in total. The van der Waals surface area contributed by atoms with E-state index in [1.165, 1.54) is 17.0 Å². The molecule has 7 heteroatoms. The van der Waals surface area contributed by atoms with E-state index in [4.69, 9.17) is 28.5 Å². The number of hydrogen-bond donors (Lipinski definition) is 1. The zero-order valence-electron chi connectivity index (χ0n) is 19.3. The van der Waals surface area contributed by atoms with Crippen LogP contribution in [0.4, 0.5) is 5.69 Å². The zero-order chi connectivity index (χ0) is 25.5. The third-order valence-electron chi connectivity index (χ3n) is 6.00. The first-order valence-corrected chi connectivity index (χ1v) is 11.7. The molecule has 1 saturated heterocycles. The average molecular weight is 505 g/mol. The molecule has 0 aromatic heterocycles. The Labute approximate surface area is 213 Å². The first-order chi connectivity index (χ1) is 16.5. The van der Waals surface area contributed by atoms with E-state index in [1.54, 1.807) is 30.3 Å². The highest BCUT2D eigenvalue weighted by Crippen LogP contribution is 2.43. The van der Waals surface area contributed by atoms with Gasteiger partial charge >= 0.3 is 0 Å². The van der Waals surface area contributed by atoms with Crippen molar-refractivity contribution in [1.82, 2.24) is 0 Å². The molecule has 1 fully saturated rings. The third kappa shape index (κ3) is 4.55. The predicted octanol–water partition coefficient (Wildman–Crippen LogP) is 6.79. The molecule has 1 heterocycles. The van der Waals surface area contributed by atoms with Crippen molar-refractivity contribution >= 4 is 46.3 Å². The maximum atomic E-state index is 13.3. The van der Waals surface area contributed by atoms with Crippen molar-refractivity contribution < 1.29 is 14.7 Å². The van der Waals surface area contributed by atoms with Gasteiger partial charge in [0.15, 0.2) is 0 Å². The Bertz CT molecular complexity index is 1400. The Balaban J connectivity index is 1.93. The molecule has 35 heavy (non-hydrogen) atoms. The molecular weight excluding hydrogens is 483 g/mol. The highest BCUT2D eigenvalue weighted by molar-refractivity contribution is 6.51. The number of rotatable bonds is 3. The van der Waals surface area contributed by atoms with E-state index in [2.05, 4.69) is 20.8 Å². The Kier molecular flexibility index (Phi) is 6.46. The first-order valence-electron chi connectivity index (χ1n) is 10.9. The molecule has 5 nitrogen and oxygen atoms in total. The maximum absolute atomic E-state index is 13.3. The van der Waals surface area contributed by atoms with Crippen LogP contribution < -0.4 is 4.90 Å². The zero-order valence-corrected chi connectivity index (χ0v) is 20.9. The van der Waals surface area contributed by atoms with Gasteiger partial charge in [-0.15, -0.1) is 0 Å². The summed E-state index contributed by atoms with van der Waals surface area (Å²) < 4.78 is 0. The lowest BCUT2D eigenvalue weighted by atomic mass is 9.85. The van der Waals surface area contributed by atoms with Crippen molar-refractivity contribution in [3.05, 3.63) is 105 Å². The molecular formula is C28H22Cl2N2O3. The van der Waals surface area contributed by atoms with E-state index in [1.807, 2.05) is 30.3 Å². The normalized spacial score (nSPS) is 17.5. The summed E-state index contributed by atoms with van der Waals surface area (Å²) in [5.41, 5.74) is 2.73. The number of benzene rings is 3.